The third kappa shape index (κ3) is 4.08. The lowest BCUT2D eigenvalue weighted by atomic mass is 10.1. The second-order valence-corrected chi connectivity index (χ2v) is 5.96. The molecule has 1 N–H and O–H groups in total. The maximum atomic E-state index is 12.2. The summed E-state index contributed by atoms with van der Waals surface area (Å²) in [5.41, 5.74) is 1.13. The summed E-state index contributed by atoms with van der Waals surface area (Å²) in [6.45, 7) is 0.0557. The van der Waals surface area contributed by atoms with Crippen LogP contribution in [0.5, 0.6) is 11.5 Å². The minimum Gasteiger partial charge on any atom is -0.489 e. The lowest BCUT2D eigenvalue weighted by molar-refractivity contribution is -0.274. The van der Waals surface area contributed by atoms with E-state index in [0.29, 0.717) is 22.0 Å². The molecular weight excluding hydrogens is 396 g/mol. The lowest BCUT2D eigenvalue weighted by Crippen LogP contribution is -2.17. The van der Waals surface area contributed by atoms with E-state index in [4.69, 9.17) is 32.5 Å². The number of alkyl halides is 3. The molecule has 1 aromatic heterocycles. The summed E-state index contributed by atoms with van der Waals surface area (Å²) in [5, 5.41) is 7.66. The number of nitrogens with zero attached hydrogens (tertiary/aromatic N) is 1. The third-order valence-electron chi connectivity index (χ3n) is 3.40. The average Bonchev–Trinajstić information content (AvgIpc) is 2.95. The van der Waals surface area contributed by atoms with Crippen LogP contribution in [-0.2, 0) is 6.61 Å². The van der Waals surface area contributed by atoms with Gasteiger partial charge >= 0.3 is 6.36 Å². The number of nitrogens with one attached hydrogen (secondary N) is 1. The normalized spacial score (nSPS) is 11.6. The van der Waals surface area contributed by atoms with Gasteiger partial charge < -0.3 is 19.3 Å². The van der Waals surface area contributed by atoms with Gasteiger partial charge in [-0.05, 0) is 24.3 Å². The standard InChI is InChI=1S/C16H11Cl2F3N2O3/c1-22-15-10-6-11(17)8(4-14(10)26-23-15)7-24-9-2-3-13(12(18)5-9)25-16(19,20)21/h2-6H,7H2,1H3,(H,22,23). The first-order valence-electron chi connectivity index (χ1n) is 7.20. The van der Waals surface area contributed by atoms with E-state index in [-0.39, 0.29) is 17.4 Å². The number of aromatic nitrogens is 1. The molecule has 0 fully saturated rings. The van der Waals surface area contributed by atoms with Crippen LogP contribution in [0.15, 0.2) is 34.9 Å². The first kappa shape index (κ1) is 18.5. The van der Waals surface area contributed by atoms with Crippen molar-refractivity contribution in [3.8, 4) is 11.5 Å². The van der Waals surface area contributed by atoms with E-state index >= 15 is 0 Å². The number of ether oxygens (including phenoxy) is 2. The van der Waals surface area contributed by atoms with Gasteiger partial charge in [0, 0.05) is 23.7 Å². The molecule has 0 atom stereocenters. The molecule has 26 heavy (non-hydrogen) atoms. The van der Waals surface area contributed by atoms with Gasteiger partial charge in [0.2, 0.25) is 0 Å². The van der Waals surface area contributed by atoms with Crippen molar-refractivity contribution in [2.75, 3.05) is 12.4 Å². The largest absolute Gasteiger partial charge is 0.573 e. The van der Waals surface area contributed by atoms with E-state index in [1.165, 1.54) is 12.1 Å². The Kier molecular flexibility index (Phi) is 5.06. The number of anilines is 1. The van der Waals surface area contributed by atoms with E-state index in [0.717, 1.165) is 11.5 Å². The molecule has 0 saturated heterocycles. The summed E-state index contributed by atoms with van der Waals surface area (Å²) in [4.78, 5) is 0. The molecule has 2 aromatic carbocycles. The summed E-state index contributed by atoms with van der Waals surface area (Å²) >= 11 is 12.0. The Morgan fingerprint density at radius 3 is 2.58 bits per heavy atom. The van der Waals surface area contributed by atoms with Crippen LogP contribution >= 0.6 is 23.2 Å². The zero-order chi connectivity index (χ0) is 18.9. The van der Waals surface area contributed by atoms with Crippen LogP contribution in [0.4, 0.5) is 19.0 Å². The van der Waals surface area contributed by atoms with Crippen LogP contribution in [0.2, 0.25) is 10.0 Å². The van der Waals surface area contributed by atoms with Crippen molar-refractivity contribution in [2.45, 2.75) is 13.0 Å². The van der Waals surface area contributed by atoms with Crippen LogP contribution in [0.25, 0.3) is 11.0 Å². The molecule has 10 heteroatoms. The molecule has 138 valence electrons. The number of benzene rings is 2. The van der Waals surface area contributed by atoms with E-state index in [1.54, 1.807) is 19.2 Å². The van der Waals surface area contributed by atoms with Crippen molar-refractivity contribution in [1.29, 1.82) is 0 Å². The highest BCUT2D eigenvalue weighted by molar-refractivity contribution is 6.32. The zero-order valence-corrected chi connectivity index (χ0v) is 14.7. The van der Waals surface area contributed by atoms with Gasteiger partial charge in [-0.1, -0.05) is 28.4 Å². The predicted molar refractivity (Wildman–Crippen MR) is 91.0 cm³/mol. The van der Waals surface area contributed by atoms with E-state index in [9.17, 15) is 13.2 Å². The second kappa shape index (κ2) is 7.13. The molecule has 1 heterocycles. The topological polar surface area (TPSA) is 56.5 Å². The lowest BCUT2D eigenvalue weighted by Gasteiger charge is -2.12. The molecule has 5 nitrogen and oxygen atoms in total. The van der Waals surface area contributed by atoms with Crippen LogP contribution < -0.4 is 14.8 Å². The molecule has 0 aliphatic rings. The molecule has 0 radical (unpaired) electrons. The van der Waals surface area contributed by atoms with Crippen LogP contribution in [-0.4, -0.2) is 18.6 Å². The van der Waals surface area contributed by atoms with Gasteiger partial charge in [0.25, 0.3) is 0 Å². The molecule has 0 aliphatic heterocycles. The minimum atomic E-state index is -4.82. The number of hydrogen-bond acceptors (Lipinski definition) is 5. The van der Waals surface area contributed by atoms with Gasteiger partial charge in [0.15, 0.2) is 11.4 Å². The molecule has 0 bridgehead atoms. The average molecular weight is 407 g/mol. The monoisotopic (exact) mass is 406 g/mol. The zero-order valence-electron chi connectivity index (χ0n) is 13.2. The molecule has 0 spiro atoms. The van der Waals surface area contributed by atoms with E-state index in [1.807, 2.05) is 0 Å². The van der Waals surface area contributed by atoms with Gasteiger partial charge in [-0.3, -0.25) is 0 Å². The second-order valence-electron chi connectivity index (χ2n) is 5.15. The molecule has 3 rings (SSSR count). The molecule has 0 amide bonds. The van der Waals surface area contributed by atoms with Crippen LogP contribution in [0.3, 0.4) is 0 Å². The van der Waals surface area contributed by atoms with Crippen molar-refractivity contribution in [3.05, 3.63) is 45.9 Å². The fourth-order valence-electron chi connectivity index (χ4n) is 2.23. The molecule has 0 unspecified atom stereocenters. The predicted octanol–water partition coefficient (Wildman–Crippen LogP) is 5.65. The highest BCUT2D eigenvalue weighted by Crippen LogP contribution is 2.34. The Morgan fingerprint density at radius 2 is 1.92 bits per heavy atom. The Morgan fingerprint density at radius 1 is 1.15 bits per heavy atom. The highest BCUT2D eigenvalue weighted by atomic mass is 35.5. The quantitative estimate of drug-likeness (QED) is 0.592. The van der Waals surface area contributed by atoms with Crippen molar-refractivity contribution < 1.29 is 27.2 Å². The maximum absolute atomic E-state index is 12.2. The summed E-state index contributed by atoms with van der Waals surface area (Å²) in [6, 6.07) is 6.97. The van der Waals surface area contributed by atoms with Crippen molar-refractivity contribution in [2.24, 2.45) is 0 Å². The van der Waals surface area contributed by atoms with Gasteiger partial charge in [-0.15, -0.1) is 13.2 Å². The number of fused-ring (bicyclic) bond motifs is 1. The number of hydrogen-bond donors (Lipinski definition) is 1. The van der Waals surface area contributed by atoms with Gasteiger partial charge in [-0.2, -0.15) is 0 Å². The Balaban J connectivity index is 1.75. The smallest absolute Gasteiger partial charge is 0.489 e. The third-order valence-corrected chi connectivity index (χ3v) is 4.05. The van der Waals surface area contributed by atoms with E-state index < -0.39 is 12.1 Å². The summed E-state index contributed by atoms with van der Waals surface area (Å²) in [6.07, 6.45) is -4.82. The Labute approximate surface area is 155 Å². The number of rotatable bonds is 5. The van der Waals surface area contributed by atoms with Gasteiger partial charge in [-0.25, -0.2) is 0 Å². The van der Waals surface area contributed by atoms with E-state index in [2.05, 4.69) is 15.2 Å². The van der Waals surface area contributed by atoms with Crippen molar-refractivity contribution in [1.82, 2.24) is 5.16 Å². The summed E-state index contributed by atoms with van der Waals surface area (Å²) in [7, 11) is 1.71. The maximum Gasteiger partial charge on any atom is 0.573 e. The Bertz CT molecular complexity index is 944. The molecule has 0 aliphatic carbocycles. The van der Waals surface area contributed by atoms with Gasteiger partial charge in [0.05, 0.1) is 10.4 Å². The summed E-state index contributed by atoms with van der Waals surface area (Å²) in [5.74, 6) is 0.308. The van der Waals surface area contributed by atoms with Crippen molar-refractivity contribution >= 4 is 40.0 Å². The Hall–Kier alpha value is -2.32. The molecular formula is C16H11Cl2F3N2O3. The molecule has 0 saturated carbocycles. The summed E-state index contributed by atoms with van der Waals surface area (Å²) < 4.78 is 51.3. The first-order valence-corrected chi connectivity index (χ1v) is 7.96. The first-order chi connectivity index (χ1) is 12.3. The fraction of sp³-hybridized carbons (Fsp3) is 0.188. The SMILES string of the molecule is CNc1noc2cc(COc3ccc(OC(F)(F)F)c(Cl)c3)c(Cl)cc12. The fourth-order valence-corrected chi connectivity index (χ4v) is 2.66. The number of halogens is 5. The van der Waals surface area contributed by atoms with Crippen LogP contribution in [0, 0.1) is 0 Å². The highest BCUT2D eigenvalue weighted by Gasteiger charge is 2.32. The minimum absolute atomic E-state index is 0.0557. The van der Waals surface area contributed by atoms with Gasteiger partial charge in [0.1, 0.15) is 18.1 Å². The molecule has 3 aromatic rings. The van der Waals surface area contributed by atoms with Crippen LogP contribution in [0.1, 0.15) is 5.56 Å². The van der Waals surface area contributed by atoms with Crippen molar-refractivity contribution in [3.63, 3.8) is 0 Å².